The van der Waals surface area contributed by atoms with Crippen LogP contribution in [-0.4, -0.2) is 46.5 Å². The average Bonchev–Trinajstić information content (AvgIpc) is 3.43. The molecule has 158 valence electrons. The molecule has 2 unspecified atom stereocenters. The van der Waals surface area contributed by atoms with Crippen LogP contribution < -0.4 is 0 Å². The summed E-state index contributed by atoms with van der Waals surface area (Å²) in [6.45, 7) is 8.20. The largest absolute Gasteiger partial charge is 0.341 e. The number of carbonyl (C=O) groups excluding carboxylic acids is 2. The number of likely N-dealkylation sites (tertiary alicyclic amines) is 1. The smallest absolute Gasteiger partial charge is 0.255 e. The van der Waals surface area contributed by atoms with Crippen LogP contribution in [0.1, 0.15) is 60.5 Å². The molecule has 0 spiro atoms. The number of nitrogens with zero attached hydrogens (tertiary/aromatic N) is 2. The molecule has 0 bridgehead atoms. The van der Waals surface area contributed by atoms with Crippen LogP contribution in [0.3, 0.4) is 0 Å². The van der Waals surface area contributed by atoms with Crippen molar-refractivity contribution in [2.45, 2.75) is 50.4 Å². The van der Waals surface area contributed by atoms with Crippen molar-refractivity contribution in [1.29, 1.82) is 0 Å². The van der Waals surface area contributed by atoms with Crippen molar-refractivity contribution in [2.75, 3.05) is 18.8 Å². The Hall–Kier alpha value is -2.27. The van der Waals surface area contributed by atoms with Crippen LogP contribution in [0.15, 0.2) is 54.6 Å². The molecule has 2 amide bonds. The van der Waals surface area contributed by atoms with Crippen molar-refractivity contribution in [3.63, 3.8) is 0 Å². The first kappa shape index (κ1) is 21.0. The summed E-state index contributed by atoms with van der Waals surface area (Å²) in [5.41, 5.74) is 3.05. The van der Waals surface area contributed by atoms with Gasteiger partial charge in [0.15, 0.2) is 0 Å². The third kappa shape index (κ3) is 4.13. The highest BCUT2D eigenvalue weighted by Gasteiger charge is 2.44. The van der Waals surface area contributed by atoms with Crippen LogP contribution >= 0.6 is 11.8 Å². The molecule has 30 heavy (non-hydrogen) atoms. The highest BCUT2D eigenvalue weighted by atomic mass is 32.2. The van der Waals surface area contributed by atoms with Crippen LogP contribution in [-0.2, 0) is 10.2 Å². The van der Waals surface area contributed by atoms with Crippen LogP contribution in [0.2, 0.25) is 0 Å². The predicted molar refractivity (Wildman–Crippen MR) is 123 cm³/mol. The minimum absolute atomic E-state index is 0.0666. The summed E-state index contributed by atoms with van der Waals surface area (Å²) in [6, 6.07) is 17.5. The van der Waals surface area contributed by atoms with E-state index in [9.17, 15) is 9.59 Å². The van der Waals surface area contributed by atoms with E-state index in [0.29, 0.717) is 11.3 Å². The number of thioether (sulfide) groups is 1. The van der Waals surface area contributed by atoms with Crippen molar-refractivity contribution >= 4 is 23.6 Å². The molecule has 4 rings (SSSR count). The van der Waals surface area contributed by atoms with E-state index in [1.54, 1.807) is 11.8 Å². The Balaban J connectivity index is 1.66. The lowest BCUT2D eigenvalue weighted by atomic mass is 9.86. The minimum Gasteiger partial charge on any atom is -0.341 e. The van der Waals surface area contributed by atoms with Gasteiger partial charge in [0.25, 0.3) is 5.91 Å². The van der Waals surface area contributed by atoms with Crippen LogP contribution in [0, 0.1) is 0 Å². The molecule has 4 nitrogen and oxygen atoms in total. The maximum absolute atomic E-state index is 13.5. The Morgan fingerprint density at radius 2 is 1.57 bits per heavy atom. The summed E-state index contributed by atoms with van der Waals surface area (Å²) < 4.78 is 0. The van der Waals surface area contributed by atoms with Gasteiger partial charge in [0.1, 0.15) is 11.4 Å². The fraction of sp³-hybridized carbons (Fsp3) is 0.440. The fourth-order valence-corrected chi connectivity index (χ4v) is 5.65. The van der Waals surface area contributed by atoms with E-state index >= 15 is 0 Å². The maximum Gasteiger partial charge on any atom is 0.255 e. The van der Waals surface area contributed by atoms with Crippen molar-refractivity contribution in [2.24, 2.45) is 0 Å². The van der Waals surface area contributed by atoms with Gasteiger partial charge in [-0.1, -0.05) is 63.2 Å². The molecule has 2 aromatic rings. The molecule has 0 N–H and O–H groups in total. The molecule has 0 aliphatic carbocycles. The fourth-order valence-electron chi connectivity index (χ4n) is 4.23. The van der Waals surface area contributed by atoms with Gasteiger partial charge >= 0.3 is 0 Å². The van der Waals surface area contributed by atoms with Crippen molar-refractivity contribution in [1.82, 2.24) is 9.80 Å². The first-order valence-electron chi connectivity index (χ1n) is 10.7. The second kappa shape index (κ2) is 8.46. The lowest BCUT2D eigenvalue weighted by Gasteiger charge is -2.31. The van der Waals surface area contributed by atoms with Crippen molar-refractivity contribution in [3.05, 3.63) is 71.3 Å². The topological polar surface area (TPSA) is 40.6 Å². The summed E-state index contributed by atoms with van der Waals surface area (Å²) in [7, 11) is 0. The number of carbonyl (C=O) groups is 2. The summed E-state index contributed by atoms with van der Waals surface area (Å²) in [4.78, 5) is 30.6. The Kier molecular flexibility index (Phi) is 5.92. The Morgan fingerprint density at radius 1 is 0.933 bits per heavy atom. The molecule has 2 heterocycles. The van der Waals surface area contributed by atoms with Gasteiger partial charge in [0.2, 0.25) is 5.91 Å². The monoisotopic (exact) mass is 422 g/mol. The third-order valence-electron chi connectivity index (χ3n) is 6.02. The standard InChI is InChI=1S/C25H30N2O2S/c1-25(2,3)20-13-11-19(12-14-20)24-27(22(28)18-9-5-4-6-10-18)21(17-30-24)23(29)26-15-7-8-16-26/h4-6,9-14,21,24H,7-8,15-17H2,1-3H3. The first-order chi connectivity index (χ1) is 14.4. The first-order valence-corrected chi connectivity index (χ1v) is 11.8. The molecule has 0 saturated carbocycles. The molecular formula is C25H30N2O2S. The summed E-state index contributed by atoms with van der Waals surface area (Å²) >= 11 is 1.69. The minimum atomic E-state index is -0.409. The zero-order valence-electron chi connectivity index (χ0n) is 18.0. The average molecular weight is 423 g/mol. The molecule has 5 heteroatoms. The van der Waals surface area contributed by atoms with Gasteiger partial charge in [-0.15, -0.1) is 11.8 Å². The number of benzene rings is 2. The molecule has 2 saturated heterocycles. The molecular weight excluding hydrogens is 392 g/mol. The summed E-state index contributed by atoms with van der Waals surface area (Å²) in [5.74, 6) is 0.667. The van der Waals surface area contributed by atoms with Gasteiger partial charge < -0.3 is 9.80 Å². The van der Waals surface area contributed by atoms with Crippen molar-refractivity contribution < 1.29 is 9.59 Å². The second-order valence-electron chi connectivity index (χ2n) is 9.18. The Labute approximate surface area is 183 Å². The number of amides is 2. The Bertz CT molecular complexity index is 899. The van der Waals surface area contributed by atoms with E-state index < -0.39 is 6.04 Å². The third-order valence-corrected chi connectivity index (χ3v) is 7.34. The van der Waals surface area contributed by atoms with Gasteiger partial charge in [-0.2, -0.15) is 0 Å². The van der Waals surface area contributed by atoms with Gasteiger partial charge in [-0.25, -0.2) is 0 Å². The molecule has 0 radical (unpaired) electrons. The number of rotatable bonds is 3. The highest BCUT2D eigenvalue weighted by Crippen LogP contribution is 2.43. The summed E-state index contributed by atoms with van der Waals surface area (Å²) in [5, 5.41) is -0.150. The zero-order valence-corrected chi connectivity index (χ0v) is 18.8. The Morgan fingerprint density at radius 3 is 2.17 bits per heavy atom. The quantitative estimate of drug-likeness (QED) is 0.709. The summed E-state index contributed by atoms with van der Waals surface area (Å²) in [6.07, 6.45) is 2.10. The predicted octanol–water partition coefficient (Wildman–Crippen LogP) is 4.86. The lowest BCUT2D eigenvalue weighted by molar-refractivity contribution is -0.134. The normalized spacial score (nSPS) is 21.8. The molecule has 2 fully saturated rings. The zero-order chi connectivity index (χ0) is 21.3. The van der Waals surface area contributed by atoms with Gasteiger partial charge in [-0.3, -0.25) is 9.59 Å². The lowest BCUT2D eigenvalue weighted by Crippen LogP contribution is -2.48. The van der Waals surface area contributed by atoms with E-state index in [1.807, 2.05) is 40.1 Å². The van der Waals surface area contributed by atoms with Gasteiger partial charge in [0.05, 0.1) is 0 Å². The van der Waals surface area contributed by atoms with Crippen LogP contribution in [0.5, 0.6) is 0 Å². The van der Waals surface area contributed by atoms with Crippen LogP contribution in [0.4, 0.5) is 0 Å². The highest BCUT2D eigenvalue weighted by molar-refractivity contribution is 7.99. The second-order valence-corrected chi connectivity index (χ2v) is 10.3. The molecule has 2 aliphatic rings. The van der Waals surface area contributed by atoms with E-state index in [-0.39, 0.29) is 22.6 Å². The maximum atomic E-state index is 13.5. The molecule has 2 atom stereocenters. The van der Waals surface area contributed by atoms with E-state index in [1.165, 1.54) is 5.56 Å². The van der Waals surface area contributed by atoms with Gasteiger partial charge in [0, 0.05) is 24.4 Å². The van der Waals surface area contributed by atoms with Crippen LogP contribution in [0.25, 0.3) is 0 Å². The molecule has 2 aliphatic heterocycles. The molecule has 2 aromatic carbocycles. The van der Waals surface area contributed by atoms with E-state index in [0.717, 1.165) is 31.5 Å². The number of hydrogen-bond acceptors (Lipinski definition) is 3. The number of hydrogen-bond donors (Lipinski definition) is 0. The molecule has 0 aromatic heterocycles. The SMILES string of the molecule is CC(C)(C)c1ccc(C2SCC(C(=O)N3CCCC3)N2C(=O)c2ccccc2)cc1. The van der Waals surface area contributed by atoms with E-state index in [2.05, 4.69) is 45.0 Å². The van der Waals surface area contributed by atoms with Gasteiger partial charge in [-0.05, 0) is 41.5 Å². The van der Waals surface area contributed by atoms with Crippen molar-refractivity contribution in [3.8, 4) is 0 Å². The van der Waals surface area contributed by atoms with E-state index in [4.69, 9.17) is 0 Å².